The Morgan fingerprint density at radius 2 is 1.70 bits per heavy atom. The minimum atomic E-state index is -0.830. The summed E-state index contributed by atoms with van der Waals surface area (Å²) in [6.07, 6.45) is 0. The van der Waals surface area contributed by atoms with Crippen LogP contribution in [0.2, 0.25) is 0 Å². The number of ether oxygens (including phenoxy) is 1. The molecule has 2 aromatic rings. The van der Waals surface area contributed by atoms with Crippen molar-refractivity contribution in [1.82, 2.24) is 4.90 Å². The molecule has 1 saturated heterocycles. The van der Waals surface area contributed by atoms with Gasteiger partial charge < -0.3 is 9.57 Å². The Morgan fingerprint density at radius 1 is 1.04 bits per heavy atom. The second-order valence-electron chi connectivity index (χ2n) is 5.87. The van der Waals surface area contributed by atoms with E-state index in [-0.39, 0.29) is 30.9 Å². The molecule has 1 atom stereocenters. The van der Waals surface area contributed by atoms with Gasteiger partial charge in [-0.15, -0.1) is 0 Å². The predicted molar refractivity (Wildman–Crippen MR) is 104 cm³/mol. The maximum Gasteiger partial charge on any atom is 0.291 e. The molecule has 0 bridgehead atoms. The summed E-state index contributed by atoms with van der Waals surface area (Å²) in [6, 6.07) is 19.1. The summed E-state index contributed by atoms with van der Waals surface area (Å²) in [5.41, 5.74) is 1.80. The van der Waals surface area contributed by atoms with E-state index in [9.17, 15) is 9.59 Å². The van der Waals surface area contributed by atoms with Crippen molar-refractivity contribution < 1.29 is 19.2 Å². The average molecular weight is 384 g/mol. The maximum atomic E-state index is 12.4. The third-order valence-corrected chi connectivity index (χ3v) is 4.89. The van der Waals surface area contributed by atoms with Crippen LogP contribution in [0.25, 0.3) is 0 Å². The Balaban J connectivity index is 1.44. The van der Waals surface area contributed by atoms with Crippen LogP contribution in [0, 0.1) is 0 Å². The number of amides is 2. The smallest absolute Gasteiger partial charge is 0.291 e. The van der Waals surface area contributed by atoms with E-state index >= 15 is 0 Å². The topological polar surface area (TPSA) is 68.2 Å². The molecule has 2 amide bonds. The quantitative estimate of drug-likeness (QED) is 0.395. The summed E-state index contributed by atoms with van der Waals surface area (Å²) in [4.78, 5) is 30.9. The lowest BCUT2D eigenvalue weighted by Gasteiger charge is -2.13. The van der Waals surface area contributed by atoms with Crippen LogP contribution in [0.15, 0.2) is 65.8 Å². The molecule has 0 spiro atoms. The van der Waals surface area contributed by atoms with E-state index in [1.807, 2.05) is 67.6 Å². The van der Waals surface area contributed by atoms with E-state index in [1.54, 1.807) is 0 Å². The molecule has 1 fully saturated rings. The Morgan fingerprint density at radius 3 is 2.41 bits per heavy atom. The SMILES string of the molecule is CC(=NOCCOC1SC(=O)N(Cc2ccccc2)C1=O)c1ccccc1. The zero-order chi connectivity index (χ0) is 19.1. The summed E-state index contributed by atoms with van der Waals surface area (Å²) < 4.78 is 5.50. The summed E-state index contributed by atoms with van der Waals surface area (Å²) in [7, 11) is 0. The number of carbonyl (C=O) groups is 2. The van der Waals surface area contributed by atoms with E-state index in [1.165, 1.54) is 4.90 Å². The second-order valence-corrected chi connectivity index (χ2v) is 6.89. The van der Waals surface area contributed by atoms with Gasteiger partial charge in [0.2, 0.25) is 0 Å². The summed E-state index contributed by atoms with van der Waals surface area (Å²) in [5.74, 6) is -0.335. The molecule has 0 radical (unpaired) electrons. The molecule has 3 rings (SSSR count). The number of rotatable bonds is 8. The number of nitrogens with zero attached hydrogens (tertiary/aromatic N) is 2. The van der Waals surface area contributed by atoms with Gasteiger partial charge in [0.25, 0.3) is 11.1 Å². The summed E-state index contributed by atoms with van der Waals surface area (Å²) >= 11 is 0.886. The number of benzene rings is 2. The second kappa shape index (κ2) is 9.34. The van der Waals surface area contributed by atoms with E-state index in [4.69, 9.17) is 9.57 Å². The predicted octanol–water partition coefficient (Wildman–Crippen LogP) is 3.67. The summed E-state index contributed by atoms with van der Waals surface area (Å²) in [5, 5.41) is 3.73. The van der Waals surface area contributed by atoms with Crippen molar-refractivity contribution in [3.8, 4) is 0 Å². The van der Waals surface area contributed by atoms with Crippen molar-refractivity contribution >= 4 is 28.6 Å². The standard InChI is InChI=1S/C20H20N2O4S/c1-15(17-10-6-3-7-11-17)21-26-13-12-25-19-18(23)22(20(24)27-19)14-16-8-4-2-5-9-16/h2-11,19H,12-14H2,1H3. The Labute approximate surface area is 162 Å². The molecule has 1 aliphatic heterocycles. The van der Waals surface area contributed by atoms with Crippen molar-refractivity contribution in [2.24, 2.45) is 5.16 Å². The van der Waals surface area contributed by atoms with Gasteiger partial charge in [0.05, 0.1) is 18.9 Å². The fraction of sp³-hybridized carbons (Fsp3) is 0.250. The number of carbonyl (C=O) groups excluding carboxylic acids is 2. The molecular weight excluding hydrogens is 364 g/mol. The third kappa shape index (κ3) is 5.18. The van der Waals surface area contributed by atoms with E-state index in [0.29, 0.717) is 0 Å². The normalized spacial score (nSPS) is 17.4. The first kappa shape index (κ1) is 19.1. The Bertz CT molecular complexity index is 811. The highest BCUT2D eigenvalue weighted by Crippen LogP contribution is 2.29. The number of oxime groups is 1. The molecule has 7 heteroatoms. The van der Waals surface area contributed by atoms with Crippen LogP contribution in [-0.4, -0.2) is 40.4 Å². The third-order valence-electron chi connectivity index (χ3n) is 3.92. The van der Waals surface area contributed by atoms with Crippen molar-refractivity contribution in [2.75, 3.05) is 13.2 Å². The number of thioether (sulfide) groups is 1. The zero-order valence-corrected chi connectivity index (χ0v) is 15.7. The van der Waals surface area contributed by atoms with Crippen molar-refractivity contribution in [3.63, 3.8) is 0 Å². The van der Waals surface area contributed by atoms with Gasteiger partial charge in [0, 0.05) is 0 Å². The van der Waals surface area contributed by atoms with Gasteiger partial charge in [0.15, 0.2) is 5.44 Å². The van der Waals surface area contributed by atoms with Gasteiger partial charge >= 0.3 is 0 Å². The van der Waals surface area contributed by atoms with Crippen molar-refractivity contribution in [3.05, 3.63) is 71.8 Å². The van der Waals surface area contributed by atoms with Gasteiger partial charge in [0.1, 0.15) is 6.61 Å². The lowest BCUT2D eigenvalue weighted by Crippen LogP contribution is -2.32. The first-order valence-electron chi connectivity index (χ1n) is 8.54. The van der Waals surface area contributed by atoms with Crippen LogP contribution in [0.1, 0.15) is 18.1 Å². The maximum absolute atomic E-state index is 12.4. The molecule has 1 aliphatic rings. The minimum absolute atomic E-state index is 0.168. The largest absolute Gasteiger partial charge is 0.393 e. The molecule has 0 saturated carbocycles. The van der Waals surface area contributed by atoms with Crippen LogP contribution >= 0.6 is 11.8 Å². The van der Waals surface area contributed by atoms with Crippen LogP contribution in [-0.2, 0) is 20.9 Å². The molecule has 27 heavy (non-hydrogen) atoms. The lowest BCUT2D eigenvalue weighted by atomic mass is 10.1. The highest BCUT2D eigenvalue weighted by molar-refractivity contribution is 8.15. The summed E-state index contributed by atoms with van der Waals surface area (Å²) in [6.45, 7) is 2.47. The Kier molecular flexibility index (Phi) is 6.62. The van der Waals surface area contributed by atoms with Gasteiger partial charge in [-0.3, -0.25) is 14.5 Å². The van der Waals surface area contributed by atoms with E-state index in [2.05, 4.69) is 5.16 Å². The molecule has 0 N–H and O–H groups in total. The molecule has 0 aromatic heterocycles. The monoisotopic (exact) mass is 384 g/mol. The molecule has 0 aliphatic carbocycles. The van der Waals surface area contributed by atoms with Gasteiger partial charge in [-0.1, -0.05) is 65.8 Å². The number of imide groups is 1. The highest BCUT2D eigenvalue weighted by Gasteiger charge is 2.40. The van der Waals surface area contributed by atoms with E-state index in [0.717, 1.165) is 28.6 Å². The van der Waals surface area contributed by atoms with Gasteiger partial charge in [-0.2, -0.15) is 0 Å². The first-order chi connectivity index (χ1) is 13.1. The zero-order valence-electron chi connectivity index (χ0n) is 14.9. The van der Waals surface area contributed by atoms with Crippen molar-refractivity contribution in [2.45, 2.75) is 18.9 Å². The lowest BCUT2D eigenvalue weighted by molar-refractivity contribution is -0.134. The average Bonchev–Trinajstić information content (AvgIpc) is 2.96. The minimum Gasteiger partial charge on any atom is -0.393 e. The fourth-order valence-electron chi connectivity index (χ4n) is 2.50. The van der Waals surface area contributed by atoms with Crippen LogP contribution in [0.5, 0.6) is 0 Å². The first-order valence-corrected chi connectivity index (χ1v) is 9.42. The molecule has 6 nitrogen and oxygen atoms in total. The van der Waals surface area contributed by atoms with Gasteiger partial charge in [-0.25, -0.2) is 0 Å². The van der Waals surface area contributed by atoms with Crippen LogP contribution in [0.3, 0.4) is 0 Å². The molecule has 1 unspecified atom stereocenters. The molecule has 2 aromatic carbocycles. The Hall–Kier alpha value is -2.64. The van der Waals surface area contributed by atoms with Gasteiger partial charge in [-0.05, 0) is 29.8 Å². The fourth-order valence-corrected chi connectivity index (χ4v) is 3.36. The molecule has 1 heterocycles. The highest BCUT2D eigenvalue weighted by atomic mass is 32.2. The number of hydrogen-bond acceptors (Lipinski definition) is 6. The van der Waals surface area contributed by atoms with Crippen molar-refractivity contribution in [1.29, 1.82) is 0 Å². The number of hydrogen-bond donors (Lipinski definition) is 0. The van der Waals surface area contributed by atoms with Crippen LogP contribution in [0.4, 0.5) is 4.79 Å². The molecular formula is C20H20N2O4S. The van der Waals surface area contributed by atoms with E-state index < -0.39 is 5.44 Å². The molecule has 140 valence electrons. The van der Waals surface area contributed by atoms with Crippen LogP contribution < -0.4 is 0 Å².